The summed E-state index contributed by atoms with van der Waals surface area (Å²) in [5, 5.41) is 11.2. The summed E-state index contributed by atoms with van der Waals surface area (Å²) in [5.41, 5.74) is 1.49. The van der Waals surface area contributed by atoms with E-state index in [-0.39, 0.29) is 16.8 Å². The van der Waals surface area contributed by atoms with Gasteiger partial charge in [0.15, 0.2) is 0 Å². The maximum absolute atomic E-state index is 13.2. The highest BCUT2D eigenvalue weighted by Gasteiger charge is 2.38. The predicted molar refractivity (Wildman–Crippen MR) is 111 cm³/mol. The van der Waals surface area contributed by atoms with Crippen LogP contribution < -0.4 is 9.64 Å². The number of hydrogen-bond acceptors (Lipinski definition) is 6. The molecule has 1 aliphatic rings. The molecule has 30 heavy (non-hydrogen) atoms. The quantitative estimate of drug-likeness (QED) is 0.307. The van der Waals surface area contributed by atoms with Crippen molar-refractivity contribution in [3.8, 4) is 5.75 Å². The second-order valence-corrected chi connectivity index (χ2v) is 6.73. The van der Waals surface area contributed by atoms with Crippen LogP contribution in [0, 0.1) is 10.1 Å². The Bertz CT molecular complexity index is 1100. The minimum Gasteiger partial charge on any atom is -0.495 e. The lowest BCUT2D eigenvalue weighted by atomic mass is 10.0. The summed E-state index contributed by atoms with van der Waals surface area (Å²) < 4.78 is 10.0. The Balaban J connectivity index is 2.09. The third-order valence-corrected chi connectivity index (χ3v) is 4.89. The average molecular weight is 429 g/mol. The highest BCUT2D eigenvalue weighted by atomic mass is 35.5. The van der Waals surface area contributed by atoms with E-state index >= 15 is 0 Å². The van der Waals surface area contributed by atoms with E-state index in [0.29, 0.717) is 27.7 Å². The standard InChI is InChI=1S/C21H17ClN2O6/c1-12-19(21(26)30-3)16(10-13-4-6-14(7-5-13)24(27)28)20(25)23(12)15-8-9-18(29-2)17(22)11-15/h4-11H,1-3H3. The van der Waals surface area contributed by atoms with Crippen LogP contribution in [-0.2, 0) is 14.3 Å². The highest BCUT2D eigenvalue weighted by Crippen LogP contribution is 2.38. The lowest BCUT2D eigenvalue weighted by molar-refractivity contribution is -0.384. The summed E-state index contributed by atoms with van der Waals surface area (Å²) in [5.74, 6) is -0.674. The zero-order valence-electron chi connectivity index (χ0n) is 16.3. The highest BCUT2D eigenvalue weighted by molar-refractivity contribution is 6.32. The number of hydrogen-bond donors (Lipinski definition) is 0. The Kier molecular flexibility index (Phi) is 5.89. The first-order valence-corrected chi connectivity index (χ1v) is 9.10. The Hall–Kier alpha value is -3.65. The van der Waals surface area contributed by atoms with Crippen LogP contribution in [0.5, 0.6) is 5.75 Å². The van der Waals surface area contributed by atoms with Crippen LogP contribution in [0.4, 0.5) is 11.4 Å². The molecule has 8 nitrogen and oxygen atoms in total. The topological polar surface area (TPSA) is 99.0 Å². The van der Waals surface area contributed by atoms with Crippen LogP contribution in [0.3, 0.4) is 0 Å². The van der Waals surface area contributed by atoms with Crippen LogP contribution in [0.1, 0.15) is 12.5 Å². The van der Waals surface area contributed by atoms with E-state index < -0.39 is 16.8 Å². The van der Waals surface area contributed by atoms with Crippen molar-refractivity contribution in [1.82, 2.24) is 0 Å². The second kappa shape index (κ2) is 8.38. The van der Waals surface area contributed by atoms with Gasteiger partial charge in [0.1, 0.15) is 5.75 Å². The summed E-state index contributed by atoms with van der Waals surface area (Å²) in [4.78, 5) is 37.3. The molecule has 9 heteroatoms. The van der Waals surface area contributed by atoms with E-state index in [1.165, 1.54) is 49.5 Å². The number of anilines is 1. The molecule has 0 radical (unpaired) electrons. The van der Waals surface area contributed by atoms with Gasteiger partial charge in [-0.3, -0.25) is 19.8 Å². The van der Waals surface area contributed by atoms with Crippen LogP contribution in [-0.4, -0.2) is 31.0 Å². The molecule has 0 aromatic heterocycles. The third-order valence-electron chi connectivity index (χ3n) is 4.60. The lowest BCUT2D eigenvalue weighted by Gasteiger charge is -2.19. The first kappa shape index (κ1) is 21.1. The third kappa shape index (κ3) is 3.77. The van der Waals surface area contributed by atoms with Gasteiger partial charge in [-0.2, -0.15) is 0 Å². The lowest BCUT2D eigenvalue weighted by Crippen LogP contribution is -2.24. The molecule has 0 saturated carbocycles. The summed E-state index contributed by atoms with van der Waals surface area (Å²) >= 11 is 6.20. The number of carbonyl (C=O) groups is 2. The zero-order chi connectivity index (χ0) is 22.0. The van der Waals surface area contributed by atoms with Gasteiger partial charge in [-0.1, -0.05) is 11.6 Å². The van der Waals surface area contributed by atoms with Gasteiger partial charge in [-0.15, -0.1) is 0 Å². The van der Waals surface area contributed by atoms with E-state index in [4.69, 9.17) is 21.1 Å². The number of non-ortho nitro benzene ring substituents is 1. The molecule has 1 aliphatic heterocycles. The number of esters is 1. The summed E-state index contributed by atoms with van der Waals surface area (Å²) in [6.07, 6.45) is 1.49. The van der Waals surface area contributed by atoms with Gasteiger partial charge in [0.2, 0.25) is 0 Å². The van der Waals surface area contributed by atoms with Gasteiger partial charge in [-0.25, -0.2) is 4.79 Å². The average Bonchev–Trinajstić information content (AvgIpc) is 2.97. The fourth-order valence-electron chi connectivity index (χ4n) is 3.14. The van der Waals surface area contributed by atoms with Gasteiger partial charge in [0.05, 0.1) is 41.0 Å². The Morgan fingerprint density at radius 3 is 2.37 bits per heavy atom. The fourth-order valence-corrected chi connectivity index (χ4v) is 3.40. The summed E-state index contributed by atoms with van der Waals surface area (Å²) in [6, 6.07) is 10.5. The number of benzene rings is 2. The largest absolute Gasteiger partial charge is 0.495 e. The zero-order valence-corrected chi connectivity index (χ0v) is 17.1. The monoisotopic (exact) mass is 428 g/mol. The van der Waals surface area contributed by atoms with Gasteiger partial charge in [0, 0.05) is 17.8 Å². The molecule has 2 aromatic rings. The van der Waals surface area contributed by atoms with Crippen LogP contribution >= 0.6 is 11.6 Å². The van der Waals surface area contributed by atoms with E-state index in [9.17, 15) is 19.7 Å². The molecule has 3 rings (SSSR count). The molecule has 0 saturated heterocycles. The molecule has 0 aliphatic carbocycles. The normalized spacial score (nSPS) is 15.0. The van der Waals surface area contributed by atoms with Gasteiger partial charge in [0.25, 0.3) is 11.6 Å². The first-order chi connectivity index (χ1) is 14.3. The fraction of sp³-hybridized carbons (Fsp3) is 0.143. The van der Waals surface area contributed by atoms with Crippen molar-refractivity contribution >= 4 is 40.9 Å². The maximum Gasteiger partial charge on any atom is 0.340 e. The van der Waals surface area contributed by atoms with Crippen LogP contribution in [0.2, 0.25) is 5.02 Å². The minimum atomic E-state index is -0.670. The van der Waals surface area contributed by atoms with Crippen molar-refractivity contribution in [2.45, 2.75) is 6.92 Å². The second-order valence-electron chi connectivity index (χ2n) is 6.32. The molecule has 2 aromatic carbocycles. The molecule has 154 valence electrons. The number of amides is 1. The van der Waals surface area contributed by atoms with Crippen molar-refractivity contribution in [3.05, 3.63) is 80.0 Å². The molecule has 0 bridgehead atoms. The maximum atomic E-state index is 13.2. The number of allylic oxidation sites excluding steroid dienone is 1. The number of nitro groups is 1. The number of carbonyl (C=O) groups excluding carboxylic acids is 2. The number of nitro benzene ring substituents is 1. The Morgan fingerprint density at radius 2 is 1.83 bits per heavy atom. The van der Waals surface area contributed by atoms with Crippen molar-refractivity contribution in [2.24, 2.45) is 0 Å². The molecular formula is C21H17ClN2O6. The molecule has 1 amide bonds. The minimum absolute atomic E-state index is 0.0793. The molecule has 0 fully saturated rings. The first-order valence-electron chi connectivity index (χ1n) is 8.72. The molecule has 1 heterocycles. The van der Waals surface area contributed by atoms with Crippen LogP contribution in [0.25, 0.3) is 6.08 Å². The van der Waals surface area contributed by atoms with E-state index in [2.05, 4.69) is 0 Å². The summed E-state index contributed by atoms with van der Waals surface area (Å²) in [7, 11) is 2.71. The number of rotatable bonds is 5. The van der Waals surface area contributed by atoms with Gasteiger partial charge in [-0.05, 0) is 48.9 Å². The molecule has 0 atom stereocenters. The molecule has 0 N–H and O–H groups in total. The smallest absolute Gasteiger partial charge is 0.340 e. The molecule has 0 unspecified atom stereocenters. The van der Waals surface area contributed by atoms with Gasteiger partial charge < -0.3 is 9.47 Å². The Morgan fingerprint density at radius 1 is 1.17 bits per heavy atom. The van der Waals surface area contributed by atoms with Gasteiger partial charge >= 0.3 is 5.97 Å². The Labute approximate surface area is 177 Å². The number of ether oxygens (including phenoxy) is 2. The van der Waals surface area contributed by atoms with Crippen molar-refractivity contribution < 1.29 is 24.0 Å². The van der Waals surface area contributed by atoms with E-state index in [1.54, 1.807) is 25.1 Å². The van der Waals surface area contributed by atoms with E-state index in [0.717, 1.165) is 0 Å². The number of methoxy groups -OCH3 is 2. The van der Waals surface area contributed by atoms with E-state index in [1.807, 2.05) is 0 Å². The van der Waals surface area contributed by atoms with Crippen molar-refractivity contribution in [3.63, 3.8) is 0 Å². The number of nitrogens with zero attached hydrogens (tertiary/aromatic N) is 2. The predicted octanol–water partition coefficient (Wildman–Crippen LogP) is 4.13. The van der Waals surface area contributed by atoms with Crippen molar-refractivity contribution in [1.29, 1.82) is 0 Å². The molecule has 0 spiro atoms. The molecular weight excluding hydrogens is 412 g/mol. The summed E-state index contributed by atoms with van der Waals surface area (Å²) in [6.45, 7) is 1.62. The number of halogens is 1. The van der Waals surface area contributed by atoms with Crippen LogP contribution in [0.15, 0.2) is 59.3 Å². The SMILES string of the molecule is COC(=O)C1=C(C)N(c2ccc(OC)c(Cl)c2)C(=O)C1=Cc1ccc([N+](=O)[O-])cc1. The van der Waals surface area contributed by atoms with Crippen molar-refractivity contribution in [2.75, 3.05) is 19.1 Å².